The molecule has 0 spiro atoms. The highest BCUT2D eigenvalue weighted by Crippen LogP contribution is 2.41. The summed E-state index contributed by atoms with van der Waals surface area (Å²) in [5, 5.41) is 6.27. The topological polar surface area (TPSA) is 59.6 Å². The van der Waals surface area contributed by atoms with Crippen LogP contribution in [0.25, 0.3) is 0 Å². The standard InChI is InChI=1S/C10H18N2O3/c1-14-2-3-15-6-9(13)12-10-7-4-11-5-8(7)10/h7-8,10-11H,2-6H2,1H3,(H,12,13). The second kappa shape index (κ2) is 4.92. The predicted octanol–water partition coefficient (Wildman–Crippen LogP) is -1.02. The van der Waals surface area contributed by atoms with Gasteiger partial charge in [-0.1, -0.05) is 0 Å². The van der Waals surface area contributed by atoms with E-state index in [-0.39, 0.29) is 12.5 Å². The van der Waals surface area contributed by atoms with Crippen LogP contribution in [0.5, 0.6) is 0 Å². The molecular formula is C10H18N2O3. The number of fused-ring (bicyclic) bond motifs is 1. The molecule has 1 amide bonds. The normalized spacial score (nSPS) is 32.5. The molecule has 2 aliphatic rings. The Bertz CT molecular complexity index is 225. The molecule has 0 radical (unpaired) electrons. The van der Waals surface area contributed by atoms with Crippen molar-refractivity contribution in [3.8, 4) is 0 Å². The Labute approximate surface area is 89.5 Å². The van der Waals surface area contributed by atoms with Gasteiger partial charge in [0, 0.05) is 26.2 Å². The number of nitrogens with one attached hydrogen (secondary N) is 2. The zero-order valence-electron chi connectivity index (χ0n) is 8.99. The number of amides is 1. The minimum absolute atomic E-state index is 0.00879. The Hall–Kier alpha value is -0.650. The summed E-state index contributed by atoms with van der Waals surface area (Å²) in [6.45, 7) is 3.24. The second-order valence-electron chi connectivity index (χ2n) is 4.12. The maximum Gasteiger partial charge on any atom is 0.246 e. The number of ether oxygens (including phenoxy) is 2. The maximum atomic E-state index is 11.4. The van der Waals surface area contributed by atoms with Gasteiger partial charge in [0.2, 0.25) is 5.91 Å². The van der Waals surface area contributed by atoms with Gasteiger partial charge in [-0.05, 0) is 11.8 Å². The lowest BCUT2D eigenvalue weighted by Gasteiger charge is -2.07. The fraction of sp³-hybridized carbons (Fsp3) is 0.900. The first-order valence-electron chi connectivity index (χ1n) is 5.39. The van der Waals surface area contributed by atoms with Gasteiger partial charge in [-0.3, -0.25) is 4.79 Å². The lowest BCUT2D eigenvalue weighted by molar-refractivity contribution is -0.126. The van der Waals surface area contributed by atoms with Crippen LogP contribution in [0, 0.1) is 11.8 Å². The lowest BCUT2D eigenvalue weighted by Crippen LogP contribution is -2.35. The van der Waals surface area contributed by atoms with Crippen LogP contribution in [0.3, 0.4) is 0 Å². The summed E-state index contributed by atoms with van der Waals surface area (Å²) < 4.78 is 9.95. The first-order valence-corrected chi connectivity index (χ1v) is 5.39. The molecule has 0 aromatic carbocycles. The Morgan fingerprint density at radius 2 is 2.13 bits per heavy atom. The first-order chi connectivity index (χ1) is 7.33. The highest BCUT2D eigenvalue weighted by molar-refractivity contribution is 5.78. The van der Waals surface area contributed by atoms with Gasteiger partial charge in [0.05, 0.1) is 13.2 Å². The molecule has 0 bridgehead atoms. The quantitative estimate of drug-likeness (QED) is 0.556. The summed E-state index contributed by atoms with van der Waals surface area (Å²) in [5.74, 6) is 1.31. The van der Waals surface area contributed by atoms with Crippen molar-refractivity contribution in [3.05, 3.63) is 0 Å². The number of rotatable bonds is 6. The zero-order valence-corrected chi connectivity index (χ0v) is 8.99. The average molecular weight is 214 g/mol. The molecule has 2 atom stereocenters. The van der Waals surface area contributed by atoms with Crippen molar-refractivity contribution in [2.45, 2.75) is 6.04 Å². The van der Waals surface area contributed by atoms with E-state index in [1.54, 1.807) is 7.11 Å². The number of hydrogen-bond donors (Lipinski definition) is 2. The predicted molar refractivity (Wildman–Crippen MR) is 54.5 cm³/mol. The van der Waals surface area contributed by atoms with Crippen LogP contribution in [0.4, 0.5) is 0 Å². The molecule has 2 unspecified atom stereocenters. The van der Waals surface area contributed by atoms with Gasteiger partial charge in [-0.2, -0.15) is 0 Å². The SMILES string of the molecule is COCCOCC(=O)NC1C2CNCC21. The van der Waals surface area contributed by atoms with Crippen LogP contribution < -0.4 is 10.6 Å². The number of carbonyl (C=O) groups is 1. The molecule has 1 saturated carbocycles. The summed E-state index contributed by atoms with van der Waals surface area (Å²) in [6, 6.07) is 0.393. The van der Waals surface area contributed by atoms with Crippen LogP contribution in [0.15, 0.2) is 0 Å². The molecule has 2 fully saturated rings. The monoisotopic (exact) mass is 214 g/mol. The fourth-order valence-corrected chi connectivity index (χ4v) is 2.17. The first kappa shape index (κ1) is 10.9. The molecule has 1 aliphatic heterocycles. The van der Waals surface area contributed by atoms with Gasteiger partial charge in [0.25, 0.3) is 0 Å². The number of hydrogen-bond acceptors (Lipinski definition) is 4. The molecule has 1 heterocycles. The molecule has 2 N–H and O–H groups in total. The van der Waals surface area contributed by atoms with E-state index in [4.69, 9.17) is 9.47 Å². The molecule has 15 heavy (non-hydrogen) atoms. The van der Waals surface area contributed by atoms with E-state index in [9.17, 15) is 4.79 Å². The summed E-state index contributed by atoms with van der Waals surface area (Å²) in [5.41, 5.74) is 0. The Kier molecular flexibility index (Phi) is 3.56. The minimum atomic E-state index is -0.00879. The third kappa shape index (κ3) is 2.68. The van der Waals surface area contributed by atoms with Crippen LogP contribution in [-0.4, -0.2) is 52.0 Å². The molecule has 0 aromatic rings. The summed E-state index contributed by atoms with van der Waals surface area (Å²) in [7, 11) is 1.61. The van der Waals surface area contributed by atoms with Crippen molar-refractivity contribution in [2.75, 3.05) is 40.0 Å². The van der Waals surface area contributed by atoms with Gasteiger partial charge in [-0.15, -0.1) is 0 Å². The Balaban J connectivity index is 1.54. The smallest absolute Gasteiger partial charge is 0.246 e. The minimum Gasteiger partial charge on any atom is -0.382 e. The molecular weight excluding hydrogens is 196 g/mol. The largest absolute Gasteiger partial charge is 0.382 e. The number of methoxy groups -OCH3 is 1. The highest BCUT2D eigenvalue weighted by Gasteiger charge is 2.53. The van der Waals surface area contributed by atoms with Gasteiger partial charge in [-0.25, -0.2) is 0 Å². The third-order valence-corrected chi connectivity index (χ3v) is 3.08. The molecule has 1 aliphatic carbocycles. The van der Waals surface area contributed by atoms with Crippen LogP contribution in [0.1, 0.15) is 0 Å². The Morgan fingerprint density at radius 3 is 2.80 bits per heavy atom. The fourth-order valence-electron chi connectivity index (χ4n) is 2.17. The summed E-state index contributed by atoms with van der Waals surface area (Å²) >= 11 is 0. The third-order valence-electron chi connectivity index (χ3n) is 3.08. The lowest BCUT2D eigenvalue weighted by atomic mass is 10.4. The number of piperidine rings is 1. The van der Waals surface area contributed by atoms with E-state index in [1.807, 2.05) is 0 Å². The highest BCUT2D eigenvalue weighted by atomic mass is 16.5. The van der Waals surface area contributed by atoms with Crippen LogP contribution in [-0.2, 0) is 14.3 Å². The number of carbonyl (C=O) groups excluding carboxylic acids is 1. The van der Waals surface area contributed by atoms with Gasteiger partial charge in [0.15, 0.2) is 0 Å². The van der Waals surface area contributed by atoms with Crippen molar-refractivity contribution >= 4 is 5.91 Å². The maximum absolute atomic E-state index is 11.4. The van der Waals surface area contributed by atoms with E-state index in [0.29, 0.717) is 31.1 Å². The van der Waals surface area contributed by atoms with Gasteiger partial charge in [0.1, 0.15) is 6.61 Å². The molecule has 5 heteroatoms. The van der Waals surface area contributed by atoms with E-state index in [2.05, 4.69) is 10.6 Å². The molecule has 2 rings (SSSR count). The van der Waals surface area contributed by atoms with Crippen LogP contribution >= 0.6 is 0 Å². The molecule has 5 nitrogen and oxygen atoms in total. The average Bonchev–Trinajstić information content (AvgIpc) is 2.69. The van der Waals surface area contributed by atoms with Crippen LogP contribution in [0.2, 0.25) is 0 Å². The van der Waals surface area contributed by atoms with E-state index < -0.39 is 0 Å². The zero-order chi connectivity index (χ0) is 10.7. The van der Waals surface area contributed by atoms with Crippen molar-refractivity contribution < 1.29 is 14.3 Å². The van der Waals surface area contributed by atoms with Gasteiger partial charge < -0.3 is 20.1 Å². The van der Waals surface area contributed by atoms with Crippen molar-refractivity contribution in [1.29, 1.82) is 0 Å². The van der Waals surface area contributed by atoms with Gasteiger partial charge >= 0.3 is 0 Å². The molecule has 0 aromatic heterocycles. The Morgan fingerprint density at radius 1 is 1.40 bits per heavy atom. The van der Waals surface area contributed by atoms with Crippen molar-refractivity contribution in [1.82, 2.24) is 10.6 Å². The summed E-state index contributed by atoms with van der Waals surface area (Å²) in [4.78, 5) is 11.4. The van der Waals surface area contributed by atoms with Crippen molar-refractivity contribution in [3.63, 3.8) is 0 Å². The second-order valence-corrected chi connectivity index (χ2v) is 4.12. The molecule has 1 saturated heterocycles. The van der Waals surface area contributed by atoms with E-state index in [1.165, 1.54) is 0 Å². The molecule has 86 valence electrons. The van der Waals surface area contributed by atoms with Crippen molar-refractivity contribution in [2.24, 2.45) is 11.8 Å². The van der Waals surface area contributed by atoms with E-state index >= 15 is 0 Å². The summed E-state index contributed by atoms with van der Waals surface area (Å²) in [6.07, 6.45) is 0. The van der Waals surface area contributed by atoms with E-state index in [0.717, 1.165) is 13.1 Å².